The van der Waals surface area contributed by atoms with Crippen LogP contribution in [0.3, 0.4) is 0 Å². The second-order valence-electron chi connectivity index (χ2n) is 4.26. The second-order valence-corrected chi connectivity index (χ2v) is 4.26. The third kappa shape index (κ3) is 3.38. The first-order chi connectivity index (χ1) is 9.76. The molecule has 20 heavy (non-hydrogen) atoms. The van der Waals surface area contributed by atoms with Gasteiger partial charge in [-0.15, -0.1) is 0 Å². The summed E-state index contributed by atoms with van der Waals surface area (Å²) in [4.78, 5) is 10.7. The fourth-order valence-corrected chi connectivity index (χ4v) is 1.87. The van der Waals surface area contributed by atoms with Gasteiger partial charge < -0.3 is 14.4 Å². The SMILES string of the molecule is CCN(Cc1ccc(OC)cc1)c1nccc(OC)n1. The summed E-state index contributed by atoms with van der Waals surface area (Å²) in [5.74, 6) is 2.10. The van der Waals surface area contributed by atoms with Crippen LogP contribution in [-0.4, -0.2) is 30.7 Å². The minimum Gasteiger partial charge on any atom is -0.497 e. The van der Waals surface area contributed by atoms with Gasteiger partial charge in [0.2, 0.25) is 11.8 Å². The molecule has 0 bridgehead atoms. The predicted molar refractivity (Wildman–Crippen MR) is 78.3 cm³/mol. The van der Waals surface area contributed by atoms with Crippen molar-refractivity contribution in [2.75, 3.05) is 25.7 Å². The summed E-state index contributed by atoms with van der Waals surface area (Å²) in [6.45, 7) is 3.64. The van der Waals surface area contributed by atoms with Gasteiger partial charge in [-0.05, 0) is 24.6 Å². The van der Waals surface area contributed by atoms with Crippen molar-refractivity contribution in [3.63, 3.8) is 0 Å². The molecule has 106 valence electrons. The first-order valence-corrected chi connectivity index (χ1v) is 6.51. The highest BCUT2D eigenvalue weighted by molar-refractivity contribution is 5.35. The molecule has 0 aliphatic heterocycles. The summed E-state index contributed by atoms with van der Waals surface area (Å²) in [6.07, 6.45) is 1.71. The Labute approximate surface area is 119 Å². The van der Waals surface area contributed by atoms with Gasteiger partial charge >= 0.3 is 0 Å². The lowest BCUT2D eigenvalue weighted by Gasteiger charge is -2.21. The van der Waals surface area contributed by atoms with Crippen molar-refractivity contribution in [1.82, 2.24) is 9.97 Å². The molecule has 2 rings (SSSR count). The molecule has 0 aliphatic carbocycles. The minimum absolute atomic E-state index is 0.572. The van der Waals surface area contributed by atoms with E-state index in [4.69, 9.17) is 9.47 Å². The van der Waals surface area contributed by atoms with E-state index < -0.39 is 0 Å². The summed E-state index contributed by atoms with van der Waals surface area (Å²) < 4.78 is 10.3. The van der Waals surface area contributed by atoms with E-state index in [1.54, 1.807) is 26.5 Å². The molecular formula is C15H19N3O2. The zero-order valence-corrected chi connectivity index (χ0v) is 12.0. The number of methoxy groups -OCH3 is 2. The molecule has 1 heterocycles. The monoisotopic (exact) mass is 273 g/mol. The van der Waals surface area contributed by atoms with Crippen LogP contribution in [0.1, 0.15) is 12.5 Å². The molecule has 0 spiro atoms. The quantitative estimate of drug-likeness (QED) is 0.809. The molecule has 0 unspecified atom stereocenters. The van der Waals surface area contributed by atoms with Crippen molar-refractivity contribution in [1.29, 1.82) is 0 Å². The lowest BCUT2D eigenvalue weighted by molar-refractivity contribution is 0.396. The van der Waals surface area contributed by atoms with Crippen LogP contribution in [0.5, 0.6) is 11.6 Å². The van der Waals surface area contributed by atoms with E-state index in [2.05, 4.69) is 21.8 Å². The van der Waals surface area contributed by atoms with E-state index in [1.807, 2.05) is 24.3 Å². The molecule has 2 aromatic rings. The maximum Gasteiger partial charge on any atom is 0.228 e. The molecule has 0 fully saturated rings. The zero-order valence-electron chi connectivity index (χ0n) is 12.0. The molecule has 0 radical (unpaired) electrons. The largest absolute Gasteiger partial charge is 0.497 e. The van der Waals surface area contributed by atoms with Crippen LogP contribution in [0.2, 0.25) is 0 Å². The van der Waals surface area contributed by atoms with Gasteiger partial charge in [0.15, 0.2) is 0 Å². The minimum atomic E-state index is 0.572. The second kappa shape index (κ2) is 6.75. The number of anilines is 1. The van der Waals surface area contributed by atoms with E-state index in [0.29, 0.717) is 11.8 Å². The van der Waals surface area contributed by atoms with Crippen LogP contribution in [0, 0.1) is 0 Å². The summed E-state index contributed by atoms with van der Waals surface area (Å²) in [6, 6.07) is 9.74. The molecule has 5 nitrogen and oxygen atoms in total. The van der Waals surface area contributed by atoms with Gasteiger partial charge in [-0.2, -0.15) is 4.98 Å². The predicted octanol–water partition coefficient (Wildman–Crippen LogP) is 2.52. The van der Waals surface area contributed by atoms with E-state index in [0.717, 1.165) is 18.8 Å². The molecule has 1 aromatic carbocycles. The van der Waals surface area contributed by atoms with Crippen LogP contribution in [-0.2, 0) is 6.54 Å². The number of ether oxygens (including phenoxy) is 2. The van der Waals surface area contributed by atoms with Gasteiger partial charge in [0.25, 0.3) is 0 Å². The summed E-state index contributed by atoms with van der Waals surface area (Å²) in [7, 11) is 3.27. The Kier molecular flexibility index (Phi) is 4.76. The van der Waals surface area contributed by atoms with Crippen LogP contribution in [0.15, 0.2) is 36.5 Å². The number of hydrogen-bond donors (Lipinski definition) is 0. The molecule has 1 aromatic heterocycles. The van der Waals surface area contributed by atoms with Crippen molar-refractivity contribution in [3.05, 3.63) is 42.1 Å². The average molecular weight is 273 g/mol. The Morgan fingerprint density at radius 2 is 1.80 bits per heavy atom. The third-order valence-corrected chi connectivity index (χ3v) is 3.02. The highest BCUT2D eigenvalue weighted by atomic mass is 16.5. The smallest absolute Gasteiger partial charge is 0.228 e. The number of rotatable bonds is 6. The van der Waals surface area contributed by atoms with Gasteiger partial charge in [-0.25, -0.2) is 4.98 Å². The lowest BCUT2D eigenvalue weighted by Crippen LogP contribution is -2.24. The Morgan fingerprint density at radius 3 is 2.40 bits per heavy atom. The fraction of sp³-hybridized carbons (Fsp3) is 0.333. The molecule has 0 aliphatic rings. The van der Waals surface area contributed by atoms with Crippen LogP contribution >= 0.6 is 0 Å². The first-order valence-electron chi connectivity index (χ1n) is 6.51. The molecule has 0 saturated heterocycles. The summed E-state index contributed by atoms with van der Waals surface area (Å²) in [5, 5.41) is 0. The first kappa shape index (κ1) is 14.1. The number of aromatic nitrogens is 2. The normalized spacial score (nSPS) is 10.2. The standard InChI is InChI=1S/C15H19N3O2/c1-4-18(15-16-10-9-14(17-15)20-3)11-12-5-7-13(19-2)8-6-12/h5-10H,4,11H2,1-3H3. The summed E-state index contributed by atoms with van der Waals surface area (Å²) >= 11 is 0. The lowest BCUT2D eigenvalue weighted by atomic mass is 10.2. The maximum atomic E-state index is 5.16. The molecule has 0 saturated carbocycles. The molecule has 5 heteroatoms. The Hall–Kier alpha value is -2.30. The van der Waals surface area contributed by atoms with Gasteiger partial charge in [-0.1, -0.05) is 12.1 Å². The van der Waals surface area contributed by atoms with Crippen LogP contribution in [0.25, 0.3) is 0 Å². The Bertz CT molecular complexity index is 543. The van der Waals surface area contributed by atoms with Crippen molar-refractivity contribution < 1.29 is 9.47 Å². The van der Waals surface area contributed by atoms with Gasteiger partial charge in [0.1, 0.15) is 5.75 Å². The fourth-order valence-electron chi connectivity index (χ4n) is 1.87. The van der Waals surface area contributed by atoms with E-state index >= 15 is 0 Å². The topological polar surface area (TPSA) is 47.5 Å². The van der Waals surface area contributed by atoms with Gasteiger partial charge in [0, 0.05) is 25.4 Å². The molecule has 0 amide bonds. The van der Waals surface area contributed by atoms with Crippen molar-refractivity contribution in [3.8, 4) is 11.6 Å². The van der Waals surface area contributed by atoms with E-state index in [1.165, 1.54) is 5.56 Å². The van der Waals surface area contributed by atoms with E-state index in [9.17, 15) is 0 Å². The van der Waals surface area contributed by atoms with Crippen molar-refractivity contribution >= 4 is 5.95 Å². The maximum absolute atomic E-state index is 5.16. The van der Waals surface area contributed by atoms with Crippen LogP contribution < -0.4 is 14.4 Å². The number of hydrogen-bond acceptors (Lipinski definition) is 5. The average Bonchev–Trinajstić information content (AvgIpc) is 2.53. The van der Waals surface area contributed by atoms with Crippen LogP contribution in [0.4, 0.5) is 5.95 Å². The highest BCUT2D eigenvalue weighted by Gasteiger charge is 2.09. The Morgan fingerprint density at radius 1 is 1.05 bits per heavy atom. The Balaban J connectivity index is 2.14. The summed E-state index contributed by atoms with van der Waals surface area (Å²) in [5.41, 5.74) is 1.18. The van der Waals surface area contributed by atoms with Gasteiger partial charge in [0.05, 0.1) is 14.2 Å². The molecular weight excluding hydrogens is 254 g/mol. The van der Waals surface area contributed by atoms with Crippen molar-refractivity contribution in [2.24, 2.45) is 0 Å². The molecule has 0 N–H and O–H groups in total. The van der Waals surface area contributed by atoms with Gasteiger partial charge in [-0.3, -0.25) is 0 Å². The number of nitrogens with zero attached hydrogens (tertiary/aromatic N) is 3. The third-order valence-electron chi connectivity index (χ3n) is 3.02. The van der Waals surface area contributed by atoms with E-state index in [-0.39, 0.29) is 0 Å². The molecule has 0 atom stereocenters. The number of benzene rings is 1. The zero-order chi connectivity index (χ0) is 14.4. The highest BCUT2D eigenvalue weighted by Crippen LogP contribution is 2.17. The van der Waals surface area contributed by atoms with Crippen molar-refractivity contribution in [2.45, 2.75) is 13.5 Å².